The molecule has 1 aromatic rings. The van der Waals surface area contributed by atoms with Crippen LogP contribution >= 0.6 is 11.3 Å². The lowest BCUT2D eigenvalue weighted by atomic mass is 9.72. The number of carboxylic acid groups (broad SMARTS) is 1. The van der Waals surface area contributed by atoms with Gasteiger partial charge in [-0.3, -0.25) is 9.59 Å². The van der Waals surface area contributed by atoms with Gasteiger partial charge in [-0.2, -0.15) is 0 Å². The van der Waals surface area contributed by atoms with Crippen molar-refractivity contribution in [2.45, 2.75) is 38.6 Å². The van der Waals surface area contributed by atoms with E-state index in [1.54, 1.807) is 17.8 Å². The third kappa shape index (κ3) is 3.15. The minimum atomic E-state index is -0.975. The number of carbonyl (C=O) groups excluding carboxylic acids is 2. The van der Waals surface area contributed by atoms with Crippen molar-refractivity contribution in [3.63, 3.8) is 0 Å². The highest BCUT2D eigenvalue weighted by molar-refractivity contribution is 7.07. The minimum absolute atomic E-state index is 0.0475. The molecular weight excluding hydrogens is 330 g/mol. The number of piperidine rings is 2. The van der Waals surface area contributed by atoms with Crippen molar-refractivity contribution >= 4 is 29.1 Å². The summed E-state index contributed by atoms with van der Waals surface area (Å²) in [5, 5.41) is 11.0. The number of amides is 2. The van der Waals surface area contributed by atoms with Crippen LogP contribution in [-0.2, 0) is 9.59 Å². The van der Waals surface area contributed by atoms with Crippen molar-refractivity contribution in [3.8, 4) is 0 Å². The van der Waals surface area contributed by atoms with Gasteiger partial charge in [0.25, 0.3) is 5.91 Å². The number of likely N-dealkylation sites (tertiary alicyclic amines) is 2. The lowest BCUT2D eigenvalue weighted by Crippen LogP contribution is -2.55. The highest BCUT2D eigenvalue weighted by Crippen LogP contribution is 2.41. The number of hydrogen-bond donors (Lipinski definition) is 1. The van der Waals surface area contributed by atoms with Gasteiger partial charge < -0.3 is 14.9 Å². The van der Waals surface area contributed by atoms with Crippen LogP contribution in [0.2, 0.25) is 0 Å². The maximum absolute atomic E-state index is 12.4. The first kappa shape index (κ1) is 16.9. The molecule has 0 bridgehead atoms. The fourth-order valence-corrected chi connectivity index (χ4v) is 4.13. The van der Waals surface area contributed by atoms with Crippen molar-refractivity contribution in [2.75, 3.05) is 19.6 Å². The van der Waals surface area contributed by atoms with Crippen molar-refractivity contribution < 1.29 is 19.5 Å². The van der Waals surface area contributed by atoms with Gasteiger partial charge >= 0.3 is 5.97 Å². The number of aliphatic carboxylic acids is 1. The Morgan fingerprint density at radius 3 is 2.62 bits per heavy atom. The van der Waals surface area contributed by atoms with Crippen LogP contribution in [0.25, 0.3) is 0 Å². The van der Waals surface area contributed by atoms with Crippen LogP contribution in [0, 0.1) is 5.41 Å². The van der Waals surface area contributed by atoms with Crippen molar-refractivity contribution in [1.29, 1.82) is 0 Å². The van der Waals surface area contributed by atoms with E-state index in [1.807, 2.05) is 4.90 Å². The molecule has 0 unspecified atom stereocenters. The molecule has 0 saturated carbocycles. The van der Waals surface area contributed by atoms with Crippen LogP contribution in [0.5, 0.6) is 0 Å². The van der Waals surface area contributed by atoms with Gasteiger partial charge in [0.1, 0.15) is 11.7 Å². The van der Waals surface area contributed by atoms with Crippen molar-refractivity contribution in [2.24, 2.45) is 5.41 Å². The Morgan fingerprint density at radius 1 is 1.33 bits per heavy atom. The van der Waals surface area contributed by atoms with E-state index in [9.17, 15) is 19.5 Å². The summed E-state index contributed by atoms with van der Waals surface area (Å²) in [6.45, 7) is 3.28. The summed E-state index contributed by atoms with van der Waals surface area (Å²) >= 11 is 1.40. The SMILES string of the molecule is C[C@H](C(=O)O)N1CC2(CCC1=O)CCN(C(=O)c1cscn1)CC2. The first-order valence-electron chi connectivity index (χ1n) is 8.12. The molecule has 24 heavy (non-hydrogen) atoms. The van der Waals surface area contributed by atoms with E-state index in [-0.39, 0.29) is 17.2 Å². The average molecular weight is 351 g/mol. The van der Waals surface area contributed by atoms with E-state index < -0.39 is 12.0 Å². The van der Waals surface area contributed by atoms with Crippen LogP contribution in [-0.4, -0.2) is 63.4 Å². The van der Waals surface area contributed by atoms with Gasteiger partial charge in [0.2, 0.25) is 5.91 Å². The largest absolute Gasteiger partial charge is 0.480 e. The third-order valence-corrected chi connectivity index (χ3v) is 5.87. The van der Waals surface area contributed by atoms with Gasteiger partial charge in [-0.05, 0) is 31.6 Å². The van der Waals surface area contributed by atoms with Crippen molar-refractivity contribution in [1.82, 2.24) is 14.8 Å². The number of thiazole rings is 1. The predicted octanol–water partition coefficient (Wildman–Crippen LogP) is 1.46. The van der Waals surface area contributed by atoms with E-state index >= 15 is 0 Å². The van der Waals surface area contributed by atoms with Gasteiger partial charge in [-0.25, -0.2) is 9.78 Å². The lowest BCUT2D eigenvalue weighted by Gasteiger charge is -2.48. The number of hydrogen-bond acceptors (Lipinski definition) is 5. The molecule has 3 heterocycles. The Labute approximate surface area is 144 Å². The summed E-state index contributed by atoms with van der Waals surface area (Å²) in [5.74, 6) is -1.11. The highest BCUT2D eigenvalue weighted by Gasteiger charge is 2.44. The lowest BCUT2D eigenvalue weighted by molar-refractivity contribution is -0.154. The first-order chi connectivity index (χ1) is 11.4. The Bertz CT molecular complexity index is 638. The second kappa shape index (κ2) is 6.51. The summed E-state index contributed by atoms with van der Waals surface area (Å²) in [6.07, 6.45) is 2.74. The smallest absolute Gasteiger partial charge is 0.326 e. The average Bonchev–Trinajstić information content (AvgIpc) is 3.11. The van der Waals surface area contributed by atoms with Gasteiger partial charge in [-0.1, -0.05) is 0 Å². The molecule has 7 nitrogen and oxygen atoms in total. The van der Waals surface area contributed by atoms with Gasteiger partial charge in [0, 0.05) is 31.4 Å². The number of carbonyl (C=O) groups is 3. The third-order valence-electron chi connectivity index (χ3n) is 5.28. The zero-order chi connectivity index (χ0) is 17.3. The Balaban J connectivity index is 1.65. The molecule has 1 N–H and O–H groups in total. The van der Waals surface area contributed by atoms with E-state index in [4.69, 9.17) is 0 Å². The molecule has 1 spiro atoms. The maximum Gasteiger partial charge on any atom is 0.326 e. The molecular formula is C16H21N3O4S. The predicted molar refractivity (Wildman–Crippen MR) is 87.7 cm³/mol. The molecule has 1 atom stereocenters. The molecule has 0 aliphatic carbocycles. The van der Waals surface area contributed by atoms with E-state index in [0.717, 1.165) is 19.3 Å². The van der Waals surface area contributed by atoms with Crippen LogP contribution in [0.15, 0.2) is 10.9 Å². The molecule has 2 amide bonds. The summed E-state index contributed by atoms with van der Waals surface area (Å²) in [4.78, 5) is 43.1. The number of nitrogens with zero attached hydrogens (tertiary/aromatic N) is 3. The molecule has 2 saturated heterocycles. The summed E-state index contributed by atoms with van der Waals surface area (Å²) in [5.41, 5.74) is 2.06. The van der Waals surface area contributed by atoms with Crippen molar-refractivity contribution in [3.05, 3.63) is 16.6 Å². The zero-order valence-corrected chi connectivity index (χ0v) is 14.4. The number of aromatic nitrogens is 1. The summed E-state index contributed by atoms with van der Waals surface area (Å²) in [7, 11) is 0. The van der Waals surface area contributed by atoms with Crippen LogP contribution < -0.4 is 0 Å². The summed E-state index contributed by atoms with van der Waals surface area (Å²) < 4.78 is 0. The molecule has 1 aromatic heterocycles. The zero-order valence-electron chi connectivity index (χ0n) is 13.6. The van der Waals surface area contributed by atoms with Crippen LogP contribution in [0.4, 0.5) is 0 Å². The molecule has 0 radical (unpaired) electrons. The van der Waals surface area contributed by atoms with E-state index in [1.165, 1.54) is 16.2 Å². The normalized spacial score (nSPS) is 21.8. The quantitative estimate of drug-likeness (QED) is 0.890. The van der Waals surface area contributed by atoms with E-state index in [2.05, 4.69) is 4.98 Å². The monoisotopic (exact) mass is 351 g/mol. The molecule has 3 rings (SSSR count). The molecule has 0 aromatic carbocycles. The molecule has 2 fully saturated rings. The van der Waals surface area contributed by atoms with Gasteiger partial charge in [0.15, 0.2) is 0 Å². The van der Waals surface area contributed by atoms with Crippen LogP contribution in [0.3, 0.4) is 0 Å². The number of rotatable bonds is 3. The Kier molecular flexibility index (Phi) is 4.58. The fourth-order valence-electron chi connectivity index (χ4n) is 3.60. The Morgan fingerprint density at radius 2 is 2.04 bits per heavy atom. The second-order valence-electron chi connectivity index (χ2n) is 6.70. The topological polar surface area (TPSA) is 90.8 Å². The molecule has 8 heteroatoms. The van der Waals surface area contributed by atoms with Crippen LogP contribution in [0.1, 0.15) is 43.1 Å². The standard InChI is InChI=1S/C16H21N3O4S/c1-11(15(22)23)19-9-16(3-2-13(19)20)4-6-18(7-5-16)14(21)12-8-24-10-17-12/h8,10-11H,2-7,9H2,1H3,(H,22,23)/t11-/m1/s1. The fraction of sp³-hybridized carbons (Fsp3) is 0.625. The van der Waals surface area contributed by atoms with Gasteiger partial charge in [0.05, 0.1) is 5.51 Å². The number of carboxylic acids is 1. The minimum Gasteiger partial charge on any atom is -0.480 e. The Hall–Kier alpha value is -1.96. The highest BCUT2D eigenvalue weighted by atomic mass is 32.1. The second-order valence-corrected chi connectivity index (χ2v) is 7.42. The molecule has 2 aliphatic heterocycles. The first-order valence-corrected chi connectivity index (χ1v) is 9.06. The summed E-state index contributed by atoms with van der Waals surface area (Å²) in [6, 6.07) is -0.802. The van der Waals surface area contributed by atoms with E-state index in [0.29, 0.717) is 31.7 Å². The molecule has 2 aliphatic rings. The van der Waals surface area contributed by atoms with Gasteiger partial charge in [-0.15, -0.1) is 11.3 Å². The molecule has 130 valence electrons. The maximum atomic E-state index is 12.4.